The minimum absolute atomic E-state index is 0.0391. The van der Waals surface area contributed by atoms with Gasteiger partial charge in [-0.25, -0.2) is 4.79 Å². The maximum absolute atomic E-state index is 12.1. The molecule has 5 heteroatoms. The first-order valence-corrected chi connectivity index (χ1v) is 7.19. The van der Waals surface area contributed by atoms with E-state index in [1.165, 1.54) is 0 Å². The molecule has 0 aromatic heterocycles. The summed E-state index contributed by atoms with van der Waals surface area (Å²) in [6.45, 7) is 7.69. The van der Waals surface area contributed by atoms with Crippen molar-refractivity contribution in [1.29, 1.82) is 0 Å². The van der Waals surface area contributed by atoms with Gasteiger partial charge >= 0.3 is 6.09 Å². The van der Waals surface area contributed by atoms with E-state index in [0.29, 0.717) is 19.7 Å². The van der Waals surface area contributed by atoms with Crippen molar-refractivity contribution < 1.29 is 14.3 Å². The molecule has 1 saturated heterocycles. The summed E-state index contributed by atoms with van der Waals surface area (Å²) < 4.78 is 4.84. The van der Waals surface area contributed by atoms with Crippen LogP contribution in [0.3, 0.4) is 0 Å². The predicted octanol–water partition coefficient (Wildman–Crippen LogP) is 2.76. The first-order chi connectivity index (χ1) is 9.88. The Labute approximate surface area is 125 Å². The van der Waals surface area contributed by atoms with Crippen molar-refractivity contribution in [1.82, 2.24) is 4.90 Å². The molecule has 0 unspecified atom stereocenters. The summed E-state index contributed by atoms with van der Waals surface area (Å²) in [7, 11) is 0. The van der Waals surface area contributed by atoms with Gasteiger partial charge in [0.15, 0.2) is 0 Å². The van der Waals surface area contributed by atoms with Crippen LogP contribution in [0.2, 0.25) is 0 Å². The lowest BCUT2D eigenvalue weighted by molar-refractivity contribution is -0.116. The van der Waals surface area contributed by atoms with Crippen LogP contribution in [0.25, 0.3) is 0 Å². The van der Waals surface area contributed by atoms with Gasteiger partial charge in [-0.2, -0.15) is 0 Å². The van der Waals surface area contributed by atoms with Crippen molar-refractivity contribution >= 4 is 17.7 Å². The van der Waals surface area contributed by atoms with Crippen LogP contribution >= 0.6 is 0 Å². The fourth-order valence-corrected chi connectivity index (χ4v) is 2.32. The molecule has 2 amide bonds. The van der Waals surface area contributed by atoms with Crippen molar-refractivity contribution in [3.05, 3.63) is 29.8 Å². The minimum Gasteiger partial charge on any atom is -0.448 e. The summed E-state index contributed by atoms with van der Waals surface area (Å²) in [5, 5.41) is 2.94. The van der Waals surface area contributed by atoms with E-state index >= 15 is 0 Å². The van der Waals surface area contributed by atoms with E-state index in [1.807, 2.05) is 24.3 Å². The number of cyclic esters (lactones) is 1. The molecule has 114 valence electrons. The topological polar surface area (TPSA) is 58.6 Å². The Balaban J connectivity index is 1.95. The first kappa shape index (κ1) is 15.4. The molecule has 0 atom stereocenters. The Morgan fingerprint density at radius 1 is 1.33 bits per heavy atom. The average molecular weight is 290 g/mol. The van der Waals surface area contributed by atoms with Gasteiger partial charge in [-0.05, 0) is 17.0 Å². The number of rotatable bonds is 4. The predicted molar refractivity (Wildman–Crippen MR) is 81.3 cm³/mol. The molecule has 1 N–H and O–H groups in total. The number of para-hydroxylation sites is 1. The molecular weight excluding hydrogens is 268 g/mol. The van der Waals surface area contributed by atoms with E-state index < -0.39 is 0 Å². The molecule has 21 heavy (non-hydrogen) atoms. The Morgan fingerprint density at radius 2 is 2.05 bits per heavy atom. The van der Waals surface area contributed by atoms with E-state index in [0.717, 1.165) is 11.3 Å². The van der Waals surface area contributed by atoms with Gasteiger partial charge in [0.2, 0.25) is 5.91 Å². The summed E-state index contributed by atoms with van der Waals surface area (Å²) in [4.78, 5) is 24.9. The molecule has 1 aromatic carbocycles. The maximum atomic E-state index is 12.1. The molecule has 1 heterocycles. The van der Waals surface area contributed by atoms with Gasteiger partial charge in [-0.15, -0.1) is 0 Å². The monoisotopic (exact) mass is 290 g/mol. The van der Waals surface area contributed by atoms with E-state index in [4.69, 9.17) is 4.74 Å². The largest absolute Gasteiger partial charge is 0.448 e. The summed E-state index contributed by atoms with van der Waals surface area (Å²) >= 11 is 0. The second-order valence-electron chi connectivity index (χ2n) is 6.20. The van der Waals surface area contributed by atoms with Crippen LogP contribution in [0.4, 0.5) is 10.5 Å². The number of anilines is 1. The number of benzene rings is 1. The maximum Gasteiger partial charge on any atom is 0.409 e. The highest BCUT2D eigenvalue weighted by molar-refractivity contribution is 5.92. The van der Waals surface area contributed by atoms with Crippen LogP contribution in [0.1, 0.15) is 32.8 Å². The first-order valence-electron chi connectivity index (χ1n) is 7.19. The second kappa shape index (κ2) is 6.16. The molecule has 1 aromatic rings. The van der Waals surface area contributed by atoms with E-state index in [1.54, 1.807) is 4.90 Å². The average Bonchev–Trinajstić information content (AvgIpc) is 2.81. The van der Waals surface area contributed by atoms with Crippen molar-refractivity contribution in [2.45, 2.75) is 32.6 Å². The quantitative estimate of drug-likeness (QED) is 0.927. The van der Waals surface area contributed by atoms with Gasteiger partial charge in [-0.3, -0.25) is 4.79 Å². The van der Waals surface area contributed by atoms with E-state index in [-0.39, 0.29) is 23.8 Å². The Hall–Kier alpha value is -2.04. The molecule has 2 rings (SSSR count). The lowest BCUT2D eigenvalue weighted by Crippen LogP contribution is -2.29. The Morgan fingerprint density at radius 3 is 2.67 bits per heavy atom. The fourth-order valence-electron chi connectivity index (χ4n) is 2.32. The molecule has 1 aliphatic rings. The zero-order valence-electron chi connectivity index (χ0n) is 12.8. The summed E-state index contributed by atoms with van der Waals surface area (Å²) in [5.74, 6) is -0.0913. The number of carbonyl (C=O) groups excluding carboxylic acids is 2. The number of nitrogens with one attached hydrogen (secondary N) is 1. The SMILES string of the molecule is CC(C)(C)c1ccccc1NC(=O)CCN1CCOC1=O. The van der Waals surface area contributed by atoms with Gasteiger partial charge in [0, 0.05) is 18.7 Å². The molecular formula is C16H22N2O3. The van der Waals surface area contributed by atoms with Gasteiger partial charge in [0.25, 0.3) is 0 Å². The van der Waals surface area contributed by atoms with Crippen LogP contribution < -0.4 is 5.32 Å². The highest BCUT2D eigenvalue weighted by Crippen LogP contribution is 2.29. The van der Waals surface area contributed by atoms with Crippen LogP contribution in [-0.4, -0.2) is 36.6 Å². The third kappa shape index (κ3) is 3.97. The van der Waals surface area contributed by atoms with E-state index in [2.05, 4.69) is 26.1 Å². The molecule has 0 aliphatic carbocycles. The normalized spacial score (nSPS) is 15.0. The number of carbonyl (C=O) groups is 2. The van der Waals surface area contributed by atoms with Crippen LogP contribution in [0, 0.1) is 0 Å². The Kier molecular flexibility index (Phi) is 4.50. The van der Waals surface area contributed by atoms with Crippen LogP contribution in [-0.2, 0) is 14.9 Å². The second-order valence-corrected chi connectivity index (χ2v) is 6.20. The van der Waals surface area contributed by atoms with Crippen molar-refractivity contribution in [3.8, 4) is 0 Å². The lowest BCUT2D eigenvalue weighted by atomic mass is 9.86. The highest BCUT2D eigenvalue weighted by atomic mass is 16.6. The molecule has 0 saturated carbocycles. The molecule has 0 spiro atoms. The zero-order valence-corrected chi connectivity index (χ0v) is 12.8. The number of nitrogens with zero attached hydrogens (tertiary/aromatic N) is 1. The summed E-state index contributed by atoms with van der Waals surface area (Å²) in [5.41, 5.74) is 1.89. The summed E-state index contributed by atoms with van der Waals surface area (Å²) in [6, 6.07) is 7.80. The number of hydrogen-bond donors (Lipinski definition) is 1. The smallest absolute Gasteiger partial charge is 0.409 e. The van der Waals surface area contributed by atoms with E-state index in [9.17, 15) is 9.59 Å². The molecule has 1 fully saturated rings. The Bertz CT molecular complexity index is 535. The van der Waals surface area contributed by atoms with Gasteiger partial charge in [-0.1, -0.05) is 39.0 Å². The highest BCUT2D eigenvalue weighted by Gasteiger charge is 2.23. The number of ether oxygens (including phenoxy) is 1. The van der Waals surface area contributed by atoms with Crippen molar-refractivity contribution in [3.63, 3.8) is 0 Å². The third-order valence-electron chi connectivity index (χ3n) is 3.46. The summed E-state index contributed by atoms with van der Waals surface area (Å²) in [6.07, 6.45) is -0.0639. The zero-order chi connectivity index (χ0) is 15.5. The molecule has 0 radical (unpaired) electrons. The minimum atomic E-state index is -0.335. The third-order valence-corrected chi connectivity index (χ3v) is 3.46. The molecule has 1 aliphatic heterocycles. The molecule has 0 bridgehead atoms. The van der Waals surface area contributed by atoms with Gasteiger partial charge in [0.1, 0.15) is 6.61 Å². The van der Waals surface area contributed by atoms with Crippen LogP contribution in [0.15, 0.2) is 24.3 Å². The molecule has 5 nitrogen and oxygen atoms in total. The fraction of sp³-hybridized carbons (Fsp3) is 0.500. The van der Waals surface area contributed by atoms with Crippen LogP contribution in [0.5, 0.6) is 0 Å². The number of hydrogen-bond acceptors (Lipinski definition) is 3. The van der Waals surface area contributed by atoms with Crippen molar-refractivity contribution in [2.24, 2.45) is 0 Å². The standard InChI is InChI=1S/C16H22N2O3/c1-16(2,3)12-6-4-5-7-13(12)17-14(19)8-9-18-10-11-21-15(18)20/h4-7H,8-11H2,1-3H3,(H,17,19). The van der Waals surface area contributed by atoms with Gasteiger partial charge in [0.05, 0.1) is 6.54 Å². The van der Waals surface area contributed by atoms with Crippen molar-refractivity contribution in [2.75, 3.05) is 25.0 Å². The van der Waals surface area contributed by atoms with Gasteiger partial charge < -0.3 is 15.0 Å². The number of amides is 2. The lowest BCUT2D eigenvalue weighted by Gasteiger charge is -2.23.